The minimum Gasteiger partial charge on any atom is -0.364 e. The van der Waals surface area contributed by atoms with Gasteiger partial charge in [-0.25, -0.2) is 0 Å². The van der Waals surface area contributed by atoms with Crippen LogP contribution in [0, 0.1) is 0 Å². The first-order valence-electron chi connectivity index (χ1n) is 8.82. The molecule has 3 rings (SSSR count). The summed E-state index contributed by atoms with van der Waals surface area (Å²) >= 11 is 0. The first kappa shape index (κ1) is 16.8. The van der Waals surface area contributed by atoms with Crippen molar-refractivity contribution < 1.29 is 4.79 Å². The number of nitrogens with zero attached hydrogens (tertiary/aromatic N) is 4. The number of H-pyrrole nitrogens is 1. The van der Waals surface area contributed by atoms with Crippen LogP contribution in [0.4, 0.5) is 0 Å². The summed E-state index contributed by atoms with van der Waals surface area (Å²) in [4.78, 5) is 20.5. The van der Waals surface area contributed by atoms with Crippen molar-refractivity contribution in [2.24, 2.45) is 7.05 Å². The fourth-order valence-electron chi connectivity index (χ4n) is 3.38. The van der Waals surface area contributed by atoms with Crippen molar-refractivity contribution in [1.82, 2.24) is 24.6 Å². The number of aryl methyl sites for hydroxylation is 2. The zero-order valence-corrected chi connectivity index (χ0v) is 14.7. The Hall–Kier alpha value is -2.08. The van der Waals surface area contributed by atoms with Crippen LogP contribution in [0.15, 0.2) is 24.7 Å². The van der Waals surface area contributed by atoms with E-state index in [1.807, 2.05) is 35.1 Å². The van der Waals surface area contributed by atoms with Crippen molar-refractivity contribution in [3.05, 3.63) is 41.5 Å². The van der Waals surface area contributed by atoms with Crippen molar-refractivity contribution >= 4 is 5.91 Å². The SMILES string of the molecule is CCCc1[nH]ccc1C(=O)N1CCCN(Cc2cnn(C)c2)CC1. The molecule has 1 fully saturated rings. The molecule has 0 radical (unpaired) electrons. The van der Waals surface area contributed by atoms with Crippen LogP contribution in [0.2, 0.25) is 0 Å². The third-order valence-corrected chi connectivity index (χ3v) is 4.60. The van der Waals surface area contributed by atoms with Gasteiger partial charge in [0.05, 0.1) is 11.8 Å². The van der Waals surface area contributed by atoms with E-state index in [1.54, 1.807) is 0 Å². The molecular formula is C18H27N5O. The van der Waals surface area contributed by atoms with Gasteiger partial charge in [-0.05, 0) is 18.9 Å². The monoisotopic (exact) mass is 329 g/mol. The van der Waals surface area contributed by atoms with Gasteiger partial charge in [0.2, 0.25) is 0 Å². The van der Waals surface area contributed by atoms with E-state index in [2.05, 4.69) is 28.1 Å². The second kappa shape index (κ2) is 7.66. The number of aromatic nitrogens is 3. The molecule has 1 saturated heterocycles. The summed E-state index contributed by atoms with van der Waals surface area (Å²) in [5.41, 5.74) is 3.14. The molecule has 0 unspecified atom stereocenters. The second-order valence-electron chi connectivity index (χ2n) is 6.56. The van der Waals surface area contributed by atoms with E-state index < -0.39 is 0 Å². The van der Waals surface area contributed by atoms with Crippen molar-refractivity contribution in [1.29, 1.82) is 0 Å². The molecule has 6 nitrogen and oxygen atoms in total. The van der Waals surface area contributed by atoms with Crippen LogP contribution in [0.25, 0.3) is 0 Å². The van der Waals surface area contributed by atoms with Gasteiger partial charge in [0, 0.05) is 63.4 Å². The van der Waals surface area contributed by atoms with Gasteiger partial charge < -0.3 is 9.88 Å². The first-order chi connectivity index (χ1) is 11.7. The average molecular weight is 329 g/mol. The highest BCUT2D eigenvalue weighted by molar-refractivity contribution is 5.95. The van der Waals surface area contributed by atoms with E-state index in [0.717, 1.165) is 63.2 Å². The molecular weight excluding hydrogens is 302 g/mol. The lowest BCUT2D eigenvalue weighted by atomic mass is 10.1. The highest BCUT2D eigenvalue weighted by atomic mass is 16.2. The largest absolute Gasteiger partial charge is 0.364 e. The number of carbonyl (C=O) groups is 1. The predicted molar refractivity (Wildman–Crippen MR) is 93.8 cm³/mol. The van der Waals surface area contributed by atoms with E-state index >= 15 is 0 Å². The maximum absolute atomic E-state index is 12.9. The fraction of sp³-hybridized carbons (Fsp3) is 0.556. The summed E-state index contributed by atoms with van der Waals surface area (Å²) < 4.78 is 1.84. The van der Waals surface area contributed by atoms with Crippen molar-refractivity contribution in [3.63, 3.8) is 0 Å². The Morgan fingerprint density at radius 1 is 1.29 bits per heavy atom. The molecule has 1 aliphatic heterocycles. The van der Waals surface area contributed by atoms with Gasteiger partial charge in [-0.1, -0.05) is 13.3 Å². The van der Waals surface area contributed by atoms with Crippen LogP contribution in [-0.2, 0) is 20.0 Å². The van der Waals surface area contributed by atoms with Gasteiger partial charge in [-0.15, -0.1) is 0 Å². The molecule has 1 amide bonds. The molecule has 24 heavy (non-hydrogen) atoms. The minimum atomic E-state index is 0.169. The Labute approximate surface area is 143 Å². The quantitative estimate of drug-likeness (QED) is 0.913. The minimum absolute atomic E-state index is 0.169. The van der Waals surface area contributed by atoms with E-state index in [4.69, 9.17) is 0 Å². The van der Waals surface area contributed by atoms with Gasteiger partial charge in [0.25, 0.3) is 5.91 Å². The summed E-state index contributed by atoms with van der Waals surface area (Å²) in [6.45, 7) is 6.59. The second-order valence-corrected chi connectivity index (χ2v) is 6.56. The van der Waals surface area contributed by atoms with Crippen molar-refractivity contribution in [2.45, 2.75) is 32.7 Å². The molecule has 6 heteroatoms. The zero-order chi connectivity index (χ0) is 16.9. The van der Waals surface area contributed by atoms with Crippen molar-refractivity contribution in [2.75, 3.05) is 26.2 Å². The van der Waals surface area contributed by atoms with Crippen LogP contribution in [0.1, 0.15) is 41.4 Å². The Morgan fingerprint density at radius 2 is 2.17 bits per heavy atom. The van der Waals surface area contributed by atoms with Gasteiger partial charge in [0.1, 0.15) is 0 Å². The van der Waals surface area contributed by atoms with Crippen LogP contribution in [0.3, 0.4) is 0 Å². The average Bonchev–Trinajstić information content (AvgIpc) is 3.12. The number of aromatic amines is 1. The molecule has 1 aliphatic rings. The van der Waals surface area contributed by atoms with Crippen LogP contribution in [-0.4, -0.2) is 56.7 Å². The van der Waals surface area contributed by atoms with Gasteiger partial charge >= 0.3 is 0 Å². The molecule has 2 aromatic heterocycles. The van der Waals surface area contributed by atoms with E-state index in [1.165, 1.54) is 5.56 Å². The zero-order valence-electron chi connectivity index (χ0n) is 14.7. The van der Waals surface area contributed by atoms with Gasteiger partial charge in [0.15, 0.2) is 0 Å². The highest BCUT2D eigenvalue weighted by Crippen LogP contribution is 2.15. The molecule has 0 saturated carbocycles. The Balaban J connectivity index is 1.60. The third kappa shape index (κ3) is 3.87. The molecule has 1 N–H and O–H groups in total. The van der Waals surface area contributed by atoms with E-state index in [-0.39, 0.29) is 5.91 Å². The fourth-order valence-corrected chi connectivity index (χ4v) is 3.38. The summed E-state index contributed by atoms with van der Waals surface area (Å²) in [5.74, 6) is 0.169. The van der Waals surface area contributed by atoms with Crippen molar-refractivity contribution in [3.8, 4) is 0 Å². The molecule has 3 heterocycles. The number of nitrogens with one attached hydrogen (secondary N) is 1. The number of amides is 1. The molecule has 2 aromatic rings. The maximum atomic E-state index is 12.9. The van der Waals surface area contributed by atoms with Gasteiger partial charge in [-0.2, -0.15) is 5.10 Å². The van der Waals surface area contributed by atoms with E-state index in [9.17, 15) is 4.79 Å². The molecule has 0 atom stereocenters. The van der Waals surface area contributed by atoms with Gasteiger partial charge in [-0.3, -0.25) is 14.4 Å². The number of hydrogen-bond acceptors (Lipinski definition) is 3. The summed E-state index contributed by atoms with van der Waals surface area (Å²) in [7, 11) is 1.94. The molecule has 130 valence electrons. The standard InChI is InChI=1S/C18H27N5O/c1-3-5-17-16(6-7-19-17)18(24)23-9-4-8-22(10-11-23)14-15-12-20-21(2)13-15/h6-7,12-13,19H,3-5,8-11,14H2,1-2H3. The van der Waals surface area contributed by atoms with Crippen LogP contribution >= 0.6 is 0 Å². The number of hydrogen-bond donors (Lipinski definition) is 1. The first-order valence-corrected chi connectivity index (χ1v) is 8.82. The van der Waals surface area contributed by atoms with Crippen LogP contribution in [0.5, 0.6) is 0 Å². The number of carbonyl (C=O) groups excluding carboxylic acids is 1. The summed E-state index contributed by atoms with van der Waals surface area (Å²) in [6.07, 6.45) is 8.84. The molecule has 0 aliphatic carbocycles. The molecule has 0 spiro atoms. The Bertz CT molecular complexity index is 675. The maximum Gasteiger partial charge on any atom is 0.255 e. The summed E-state index contributed by atoms with van der Waals surface area (Å²) in [6, 6.07) is 1.92. The molecule has 0 bridgehead atoms. The topological polar surface area (TPSA) is 57.2 Å². The molecule has 0 aromatic carbocycles. The number of rotatable bonds is 5. The van der Waals surface area contributed by atoms with Crippen LogP contribution < -0.4 is 0 Å². The lowest BCUT2D eigenvalue weighted by Crippen LogP contribution is -2.35. The normalized spacial score (nSPS) is 16.3. The smallest absolute Gasteiger partial charge is 0.255 e. The predicted octanol–water partition coefficient (Wildman–Crippen LogP) is 2.05. The van der Waals surface area contributed by atoms with E-state index in [0.29, 0.717) is 0 Å². The third-order valence-electron chi connectivity index (χ3n) is 4.60. The lowest BCUT2D eigenvalue weighted by molar-refractivity contribution is 0.0760. The highest BCUT2D eigenvalue weighted by Gasteiger charge is 2.22. The summed E-state index contributed by atoms with van der Waals surface area (Å²) in [5, 5.41) is 4.23. The lowest BCUT2D eigenvalue weighted by Gasteiger charge is -2.22. The Morgan fingerprint density at radius 3 is 2.92 bits per heavy atom. The Kier molecular flexibility index (Phi) is 5.35.